The number of aryl methyl sites for hydroxylation is 1. The second-order valence-corrected chi connectivity index (χ2v) is 6.57. The normalized spacial score (nSPS) is 15.7. The average molecular weight is 311 g/mol. The highest BCUT2D eigenvalue weighted by Crippen LogP contribution is 2.34. The Bertz CT molecular complexity index is 663. The topological polar surface area (TPSA) is 53.9 Å². The Morgan fingerprint density at radius 2 is 2.00 bits per heavy atom. The lowest BCUT2D eigenvalue weighted by Crippen LogP contribution is -2.36. The lowest BCUT2D eigenvalue weighted by Gasteiger charge is -2.25. The van der Waals surface area contributed by atoms with E-state index in [4.69, 9.17) is 4.98 Å². The number of aromatic nitrogens is 3. The molecular weight excluding hydrogens is 286 g/mol. The standard InChI is InChI=1S/C18H25N5/c1-12-13(2)21-18(15-7-5-6-10-19-15)22-17(12)20-11-16(23(3)4)14-8-9-14/h5-7,10,14,16H,8-9,11H2,1-4H3,(H,20,21,22). The monoisotopic (exact) mass is 311 g/mol. The molecule has 5 heteroatoms. The first kappa shape index (κ1) is 15.9. The predicted molar refractivity (Wildman–Crippen MR) is 93.4 cm³/mol. The van der Waals surface area contributed by atoms with E-state index < -0.39 is 0 Å². The molecule has 5 nitrogen and oxygen atoms in total. The van der Waals surface area contributed by atoms with Crippen molar-refractivity contribution in [1.82, 2.24) is 19.9 Å². The third-order valence-corrected chi connectivity index (χ3v) is 4.59. The van der Waals surface area contributed by atoms with Gasteiger partial charge < -0.3 is 10.2 Å². The quantitative estimate of drug-likeness (QED) is 0.889. The van der Waals surface area contributed by atoms with Gasteiger partial charge >= 0.3 is 0 Å². The van der Waals surface area contributed by atoms with Crippen molar-refractivity contribution >= 4 is 5.82 Å². The van der Waals surface area contributed by atoms with Crippen molar-refractivity contribution in [1.29, 1.82) is 0 Å². The van der Waals surface area contributed by atoms with Gasteiger partial charge in [-0.2, -0.15) is 0 Å². The van der Waals surface area contributed by atoms with Gasteiger partial charge in [0.05, 0.1) is 0 Å². The van der Waals surface area contributed by atoms with Crippen molar-refractivity contribution in [3.8, 4) is 11.5 Å². The molecule has 0 aliphatic heterocycles. The minimum Gasteiger partial charge on any atom is -0.368 e. The van der Waals surface area contributed by atoms with E-state index in [-0.39, 0.29) is 0 Å². The Morgan fingerprint density at radius 1 is 1.22 bits per heavy atom. The van der Waals surface area contributed by atoms with E-state index in [2.05, 4.69) is 41.2 Å². The summed E-state index contributed by atoms with van der Waals surface area (Å²) in [6, 6.07) is 6.37. The number of rotatable bonds is 6. The number of anilines is 1. The average Bonchev–Trinajstić information content (AvgIpc) is 3.36. The minimum atomic E-state index is 0.558. The summed E-state index contributed by atoms with van der Waals surface area (Å²) in [6.07, 6.45) is 4.45. The number of pyridine rings is 1. The molecule has 2 aromatic rings. The van der Waals surface area contributed by atoms with Gasteiger partial charge in [-0.3, -0.25) is 4.98 Å². The molecule has 1 atom stereocenters. The lowest BCUT2D eigenvalue weighted by atomic mass is 10.1. The number of likely N-dealkylation sites (N-methyl/N-ethyl adjacent to an activating group) is 1. The summed E-state index contributed by atoms with van der Waals surface area (Å²) in [5.41, 5.74) is 2.92. The summed E-state index contributed by atoms with van der Waals surface area (Å²) in [4.78, 5) is 16.0. The summed E-state index contributed by atoms with van der Waals surface area (Å²) < 4.78 is 0. The van der Waals surface area contributed by atoms with Crippen LogP contribution in [0.25, 0.3) is 11.5 Å². The zero-order chi connectivity index (χ0) is 16.4. The maximum atomic E-state index is 4.71. The van der Waals surface area contributed by atoms with Crippen molar-refractivity contribution in [2.24, 2.45) is 5.92 Å². The number of nitrogens with one attached hydrogen (secondary N) is 1. The number of hydrogen-bond acceptors (Lipinski definition) is 5. The molecule has 23 heavy (non-hydrogen) atoms. The Kier molecular flexibility index (Phi) is 4.57. The van der Waals surface area contributed by atoms with Crippen molar-refractivity contribution in [3.63, 3.8) is 0 Å². The van der Waals surface area contributed by atoms with Gasteiger partial charge in [-0.05, 0) is 58.8 Å². The van der Waals surface area contributed by atoms with Crippen LogP contribution >= 0.6 is 0 Å². The van der Waals surface area contributed by atoms with Crippen molar-refractivity contribution < 1.29 is 0 Å². The van der Waals surface area contributed by atoms with Gasteiger partial charge in [-0.15, -0.1) is 0 Å². The van der Waals surface area contributed by atoms with Crippen molar-refractivity contribution in [3.05, 3.63) is 35.7 Å². The molecule has 0 amide bonds. The number of hydrogen-bond donors (Lipinski definition) is 1. The minimum absolute atomic E-state index is 0.558. The Hall–Kier alpha value is -2.01. The largest absolute Gasteiger partial charge is 0.368 e. The van der Waals surface area contributed by atoms with Crippen LogP contribution in [0.1, 0.15) is 24.1 Å². The zero-order valence-corrected chi connectivity index (χ0v) is 14.4. The van der Waals surface area contributed by atoms with E-state index in [0.29, 0.717) is 11.9 Å². The Morgan fingerprint density at radius 3 is 2.61 bits per heavy atom. The maximum Gasteiger partial charge on any atom is 0.180 e. The molecule has 0 aromatic carbocycles. The summed E-state index contributed by atoms with van der Waals surface area (Å²) in [5, 5.41) is 3.55. The van der Waals surface area contributed by atoms with Crippen molar-refractivity contribution in [2.45, 2.75) is 32.7 Å². The zero-order valence-electron chi connectivity index (χ0n) is 14.4. The van der Waals surface area contributed by atoms with Gasteiger partial charge in [0, 0.05) is 30.0 Å². The fourth-order valence-corrected chi connectivity index (χ4v) is 2.86. The second kappa shape index (κ2) is 6.62. The third kappa shape index (κ3) is 3.67. The fourth-order valence-electron chi connectivity index (χ4n) is 2.86. The van der Waals surface area contributed by atoms with Crippen LogP contribution in [-0.4, -0.2) is 46.5 Å². The molecular formula is C18H25N5. The van der Waals surface area contributed by atoms with Crippen LogP contribution in [0.3, 0.4) is 0 Å². The van der Waals surface area contributed by atoms with E-state index in [9.17, 15) is 0 Å². The van der Waals surface area contributed by atoms with E-state index >= 15 is 0 Å². The Balaban J connectivity index is 1.82. The second-order valence-electron chi connectivity index (χ2n) is 6.57. The van der Waals surface area contributed by atoms with Crippen molar-refractivity contribution in [2.75, 3.05) is 26.0 Å². The summed E-state index contributed by atoms with van der Waals surface area (Å²) >= 11 is 0. The van der Waals surface area contributed by atoms with E-state index in [1.54, 1.807) is 6.20 Å². The number of nitrogens with zero attached hydrogens (tertiary/aromatic N) is 4. The molecule has 1 saturated carbocycles. The molecule has 0 bridgehead atoms. The van der Waals surface area contributed by atoms with Gasteiger partial charge in [0.1, 0.15) is 11.5 Å². The molecule has 0 spiro atoms. The van der Waals surface area contributed by atoms with Gasteiger partial charge in [0.2, 0.25) is 0 Å². The maximum absolute atomic E-state index is 4.71. The van der Waals surface area contributed by atoms with E-state index in [1.165, 1.54) is 12.8 Å². The molecule has 0 radical (unpaired) electrons. The predicted octanol–water partition coefficient (Wildman–Crippen LogP) is 2.91. The molecule has 0 saturated heterocycles. The first-order valence-corrected chi connectivity index (χ1v) is 8.23. The molecule has 2 aromatic heterocycles. The molecule has 2 heterocycles. The highest BCUT2D eigenvalue weighted by molar-refractivity contribution is 5.56. The molecule has 1 fully saturated rings. The van der Waals surface area contributed by atoms with E-state index in [0.717, 1.165) is 35.2 Å². The smallest absolute Gasteiger partial charge is 0.180 e. The molecule has 1 aliphatic carbocycles. The van der Waals surface area contributed by atoms with Crippen LogP contribution in [0, 0.1) is 19.8 Å². The van der Waals surface area contributed by atoms with Gasteiger partial charge in [0.15, 0.2) is 5.82 Å². The van der Waals surface area contributed by atoms with Gasteiger partial charge in [0.25, 0.3) is 0 Å². The lowest BCUT2D eigenvalue weighted by molar-refractivity contribution is 0.276. The SMILES string of the molecule is Cc1nc(-c2ccccn2)nc(NCC(C2CC2)N(C)C)c1C. The summed E-state index contributed by atoms with van der Waals surface area (Å²) in [6.45, 7) is 5.01. The molecule has 3 rings (SSSR count). The van der Waals surface area contributed by atoms with Gasteiger partial charge in [-0.25, -0.2) is 9.97 Å². The van der Waals surface area contributed by atoms with Crippen LogP contribution in [-0.2, 0) is 0 Å². The Labute approximate surface area is 138 Å². The van der Waals surface area contributed by atoms with Crippen LogP contribution in [0.4, 0.5) is 5.82 Å². The molecule has 1 aliphatic rings. The fraction of sp³-hybridized carbons (Fsp3) is 0.500. The first-order valence-electron chi connectivity index (χ1n) is 8.23. The highest BCUT2D eigenvalue weighted by Gasteiger charge is 2.32. The first-order chi connectivity index (χ1) is 11.1. The van der Waals surface area contributed by atoms with Crippen LogP contribution < -0.4 is 5.32 Å². The molecule has 122 valence electrons. The highest BCUT2D eigenvalue weighted by atomic mass is 15.1. The molecule has 1 unspecified atom stereocenters. The molecule has 1 N–H and O–H groups in total. The summed E-state index contributed by atoms with van der Waals surface area (Å²) in [5.74, 6) is 2.42. The van der Waals surface area contributed by atoms with Crippen LogP contribution in [0.15, 0.2) is 24.4 Å². The van der Waals surface area contributed by atoms with Crippen LogP contribution in [0.2, 0.25) is 0 Å². The summed E-state index contributed by atoms with van der Waals surface area (Å²) in [7, 11) is 4.31. The third-order valence-electron chi connectivity index (χ3n) is 4.59. The van der Waals surface area contributed by atoms with Gasteiger partial charge in [-0.1, -0.05) is 6.07 Å². The van der Waals surface area contributed by atoms with E-state index in [1.807, 2.05) is 25.1 Å². The van der Waals surface area contributed by atoms with Crippen LogP contribution in [0.5, 0.6) is 0 Å².